The molecule has 1 fully saturated rings. The molecule has 1 aliphatic heterocycles. The van der Waals surface area contributed by atoms with Crippen LogP contribution in [0.4, 0.5) is 4.39 Å². The molecule has 0 spiro atoms. The van der Waals surface area contributed by atoms with Crippen LogP contribution >= 0.6 is 12.2 Å². The number of amides is 1. The summed E-state index contributed by atoms with van der Waals surface area (Å²) < 4.78 is 18.3. The molecule has 96 valence electrons. The first-order valence-corrected chi connectivity index (χ1v) is 5.92. The van der Waals surface area contributed by atoms with E-state index in [4.69, 9.17) is 22.7 Å². The molecule has 1 aromatic rings. The van der Waals surface area contributed by atoms with Crippen molar-refractivity contribution in [2.24, 2.45) is 5.73 Å². The van der Waals surface area contributed by atoms with Crippen molar-refractivity contribution in [3.63, 3.8) is 0 Å². The van der Waals surface area contributed by atoms with Crippen LogP contribution in [0.25, 0.3) is 0 Å². The molecular weight excluding hydrogens is 255 g/mol. The van der Waals surface area contributed by atoms with Crippen LogP contribution < -0.4 is 5.73 Å². The second-order valence-corrected chi connectivity index (χ2v) is 4.47. The normalized spacial score (nSPS) is 15.8. The SMILES string of the molecule is NC(=S)c1ccc(F)cc1CN1CCOCC1=O. The second kappa shape index (κ2) is 5.41. The molecule has 1 aliphatic rings. The highest BCUT2D eigenvalue weighted by atomic mass is 32.1. The lowest BCUT2D eigenvalue weighted by atomic mass is 10.1. The molecule has 0 aliphatic carbocycles. The Bertz CT molecular complexity index is 493. The van der Waals surface area contributed by atoms with Gasteiger partial charge in [-0.15, -0.1) is 0 Å². The molecular formula is C12H13FN2O2S. The van der Waals surface area contributed by atoms with Crippen molar-refractivity contribution in [2.45, 2.75) is 6.54 Å². The third kappa shape index (κ3) is 2.83. The Morgan fingerprint density at radius 1 is 1.56 bits per heavy atom. The van der Waals surface area contributed by atoms with E-state index in [1.165, 1.54) is 18.2 Å². The fourth-order valence-electron chi connectivity index (χ4n) is 1.86. The van der Waals surface area contributed by atoms with Gasteiger partial charge < -0.3 is 15.4 Å². The summed E-state index contributed by atoms with van der Waals surface area (Å²) in [6.45, 7) is 1.35. The Hall–Kier alpha value is -1.53. The van der Waals surface area contributed by atoms with Crippen LogP contribution in [0.15, 0.2) is 18.2 Å². The summed E-state index contributed by atoms with van der Waals surface area (Å²) in [6.07, 6.45) is 0. The minimum atomic E-state index is -0.370. The van der Waals surface area contributed by atoms with E-state index in [2.05, 4.69) is 0 Å². The summed E-state index contributed by atoms with van der Waals surface area (Å²) in [5.74, 6) is -0.481. The van der Waals surface area contributed by atoms with Crippen molar-refractivity contribution in [3.05, 3.63) is 35.1 Å². The third-order valence-electron chi connectivity index (χ3n) is 2.78. The number of ether oxygens (including phenoxy) is 1. The average molecular weight is 268 g/mol. The number of morpholine rings is 1. The summed E-state index contributed by atoms with van der Waals surface area (Å²) in [5, 5.41) is 0. The molecule has 1 amide bonds. The van der Waals surface area contributed by atoms with Gasteiger partial charge in [0.1, 0.15) is 17.4 Å². The van der Waals surface area contributed by atoms with E-state index >= 15 is 0 Å². The molecule has 0 aromatic heterocycles. The van der Waals surface area contributed by atoms with Gasteiger partial charge in [0.25, 0.3) is 0 Å². The average Bonchev–Trinajstić information content (AvgIpc) is 2.32. The van der Waals surface area contributed by atoms with Crippen molar-refractivity contribution in [1.82, 2.24) is 4.90 Å². The van der Waals surface area contributed by atoms with Gasteiger partial charge in [-0.1, -0.05) is 12.2 Å². The van der Waals surface area contributed by atoms with E-state index in [0.717, 1.165) is 0 Å². The molecule has 1 heterocycles. The highest BCUT2D eigenvalue weighted by Gasteiger charge is 2.20. The number of halogens is 1. The molecule has 0 radical (unpaired) electrons. The van der Waals surface area contributed by atoms with E-state index in [0.29, 0.717) is 30.8 Å². The lowest BCUT2D eigenvalue weighted by molar-refractivity contribution is -0.143. The van der Waals surface area contributed by atoms with Crippen molar-refractivity contribution < 1.29 is 13.9 Å². The van der Waals surface area contributed by atoms with Crippen LogP contribution in [0, 0.1) is 5.82 Å². The standard InChI is InChI=1S/C12H13FN2O2S/c13-9-1-2-10(12(14)18)8(5-9)6-15-3-4-17-7-11(15)16/h1-2,5H,3-4,6-7H2,(H2,14,18). The molecule has 18 heavy (non-hydrogen) atoms. The lowest BCUT2D eigenvalue weighted by Crippen LogP contribution is -2.41. The van der Waals surface area contributed by atoms with E-state index in [1.807, 2.05) is 0 Å². The monoisotopic (exact) mass is 268 g/mol. The Kier molecular flexibility index (Phi) is 3.88. The topological polar surface area (TPSA) is 55.6 Å². The molecule has 0 saturated carbocycles. The number of rotatable bonds is 3. The molecule has 1 aromatic carbocycles. The van der Waals surface area contributed by atoms with E-state index in [9.17, 15) is 9.18 Å². The number of carbonyl (C=O) groups excluding carboxylic acids is 1. The Morgan fingerprint density at radius 3 is 3.00 bits per heavy atom. The molecule has 2 N–H and O–H groups in total. The number of hydrogen-bond acceptors (Lipinski definition) is 3. The maximum Gasteiger partial charge on any atom is 0.248 e. The first-order chi connectivity index (χ1) is 8.58. The minimum Gasteiger partial charge on any atom is -0.389 e. The number of carbonyl (C=O) groups is 1. The van der Waals surface area contributed by atoms with Gasteiger partial charge >= 0.3 is 0 Å². The zero-order valence-electron chi connectivity index (χ0n) is 9.69. The summed E-state index contributed by atoms with van der Waals surface area (Å²) >= 11 is 4.92. The van der Waals surface area contributed by atoms with Crippen LogP contribution in [-0.4, -0.2) is 35.6 Å². The van der Waals surface area contributed by atoms with Gasteiger partial charge in [-0.3, -0.25) is 4.79 Å². The van der Waals surface area contributed by atoms with Crippen molar-refractivity contribution >= 4 is 23.1 Å². The predicted octanol–water partition coefficient (Wildman–Crippen LogP) is 0.819. The van der Waals surface area contributed by atoms with Crippen LogP contribution in [0.1, 0.15) is 11.1 Å². The number of nitrogens with zero attached hydrogens (tertiary/aromatic N) is 1. The Labute approximate surface area is 110 Å². The summed E-state index contributed by atoms with van der Waals surface area (Å²) in [5.41, 5.74) is 6.81. The van der Waals surface area contributed by atoms with E-state index in [1.54, 1.807) is 4.90 Å². The predicted molar refractivity (Wildman–Crippen MR) is 68.5 cm³/mol. The third-order valence-corrected chi connectivity index (χ3v) is 3.00. The summed E-state index contributed by atoms with van der Waals surface area (Å²) in [7, 11) is 0. The van der Waals surface area contributed by atoms with Crippen LogP contribution in [0.5, 0.6) is 0 Å². The van der Waals surface area contributed by atoms with Crippen molar-refractivity contribution in [2.75, 3.05) is 19.8 Å². The molecule has 4 nitrogen and oxygen atoms in total. The van der Waals surface area contributed by atoms with Crippen LogP contribution in [-0.2, 0) is 16.1 Å². The highest BCUT2D eigenvalue weighted by Crippen LogP contribution is 2.15. The lowest BCUT2D eigenvalue weighted by Gasteiger charge is -2.27. The quantitative estimate of drug-likeness (QED) is 0.825. The maximum atomic E-state index is 13.2. The van der Waals surface area contributed by atoms with Gasteiger partial charge in [0.05, 0.1) is 6.61 Å². The highest BCUT2D eigenvalue weighted by molar-refractivity contribution is 7.80. The number of benzene rings is 1. The second-order valence-electron chi connectivity index (χ2n) is 4.03. The van der Waals surface area contributed by atoms with Gasteiger partial charge in [0.2, 0.25) is 5.91 Å². The summed E-state index contributed by atoms with van der Waals surface area (Å²) in [6, 6.07) is 4.20. The van der Waals surface area contributed by atoms with Gasteiger partial charge in [0, 0.05) is 18.7 Å². The van der Waals surface area contributed by atoms with Crippen LogP contribution in [0.3, 0.4) is 0 Å². The molecule has 1 saturated heterocycles. The smallest absolute Gasteiger partial charge is 0.248 e. The number of hydrogen-bond donors (Lipinski definition) is 1. The van der Waals surface area contributed by atoms with Gasteiger partial charge in [-0.25, -0.2) is 4.39 Å². The zero-order valence-corrected chi connectivity index (χ0v) is 10.5. The van der Waals surface area contributed by atoms with Crippen molar-refractivity contribution in [3.8, 4) is 0 Å². The number of nitrogens with two attached hydrogens (primary N) is 1. The minimum absolute atomic E-state index is 0.0672. The number of thiocarbonyl (C=S) groups is 1. The van der Waals surface area contributed by atoms with Crippen LogP contribution in [0.2, 0.25) is 0 Å². The largest absolute Gasteiger partial charge is 0.389 e. The maximum absolute atomic E-state index is 13.2. The summed E-state index contributed by atoms with van der Waals surface area (Å²) in [4.78, 5) is 13.4. The first kappa shape index (κ1) is 12.9. The zero-order chi connectivity index (χ0) is 13.1. The Morgan fingerprint density at radius 2 is 2.33 bits per heavy atom. The molecule has 6 heteroatoms. The van der Waals surface area contributed by atoms with E-state index in [-0.39, 0.29) is 23.3 Å². The fraction of sp³-hybridized carbons (Fsp3) is 0.333. The van der Waals surface area contributed by atoms with Gasteiger partial charge in [-0.2, -0.15) is 0 Å². The van der Waals surface area contributed by atoms with Crippen molar-refractivity contribution in [1.29, 1.82) is 0 Å². The van der Waals surface area contributed by atoms with Gasteiger partial charge in [0.15, 0.2) is 0 Å². The molecule has 0 bridgehead atoms. The fourth-order valence-corrected chi connectivity index (χ4v) is 2.06. The van der Waals surface area contributed by atoms with Gasteiger partial charge in [-0.05, 0) is 23.8 Å². The molecule has 2 rings (SSSR count). The molecule has 0 atom stereocenters. The Balaban J connectivity index is 2.24. The molecule has 0 unspecified atom stereocenters. The first-order valence-electron chi connectivity index (χ1n) is 5.51. The van der Waals surface area contributed by atoms with E-state index < -0.39 is 0 Å².